The van der Waals surface area contributed by atoms with Crippen LogP contribution in [0.2, 0.25) is 5.02 Å². The summed E-state index contributed by atoms with van der Waals surface area (Å²) in [7, 11) is 1.57. The highest BCUT2D eigenvalue weighted by molar-refractivity contribution is 6.31. The zero-order valence-electron chi connectivity index (χ0n) is 16.9. The van der Waals surface area contributed by atoms with Crippen LogP contribution >= 0.6 is 11.6 Å². The van der Waals surface area contributed by atoms with E-state index in [0.29, 0.717) is 35.4 Å². The van der Waals surface area contributed by atoms with Crippen molar-refractivity contribution in [2.24, 2.45) is 5.73 Å². The first-order valence-electron chi connectivity index (χ1n) is 10.0. The fraction of sp³-hybridized carbons (Fsp3) is 0.250. The fourth-order valence-corrected chi connectivity index (χ4v) is 4.35. The lowest BCUT2D eigenvalue weighted by Gasteiger charge is -2.13. The maximum atomic E-state index is 13.8. The van der Waals surface area contributed by atoms with Crippen LogP contribution in [0.15, 0.2) is 48.5 Å². The van der Waals surface area contributed by atoms with Crippen LogP contribution in [0.3, 0.4) is 0 Å². The van der Waals surface area contributed by atoms with Crippen molar-refractivity contribution >= 4 is 33.3 Å². The van der Waals surface area contributed by atoms with Gasteiger partial charge in [0.05, 0.1) is 23.9 Å². The molecule has 1 aromatic heterocycles. The van der Waals surface area contributed by atoms with Gasteiger partial charge in [0.1, 0.15) is 5.75 Å². The predicted molar refractivity (Wildman–Crippen MR) is 120 cm³/mol. The summed E-state index contributed by atoms with van der Waals surface area (Å²) in [6.45, 7) is 0.519. The summed E-state index contributed by atoms with van der Waals surface area (Å²) in [5.41, 5.74) is 7.01. The molecule has 0 saturated carbocycles. The molecule has 3 N–H and O–H groups in total. The summed E-state index contributed by atoms with van der Waals surface area (Å²) in [4.78, 5) is 3.06. The van der Waals surface area contributed by atoms with Crippen LogP contribution in [-0.2, 0) is 12.6 Å². The van der Waals surface area contributed by atoms with Crippen molar-refractivity contribution in [2.75, 3.05) is 13.7 Å². The largest absolute Gasteiger partial charge is 0.495 e. The smallest absolute Gasteiger partial charge is 0.418 e. The summed E-state index contributed by atoms with van der Waals surface area (Å²) < 4.78 is 47.1. The maximum Gasteiger partial charge on any atom is 0.418 e. The average Bonchev–Trinajstić information content (AvgIpc) is 3.09. The van der Waals surface area contributed by atoms with Crippen molar-refractivity contribution in [2.45, 2.75) is 25.4 Å². The molecule has 162 valence electrons. The number of halogens is 4. The van der Waals surface area contributed by atoms with E-state index in [-0.39, 0.29) is 10.5 Å². The number of aromatic amines is 1. The van der Waals surface area contributed by atoms with Crippen molar-refractivity contribution in [3.8, 4) is 17.0 Å². The molecule has 4 aromatic rings. The number of nitrogens with one attached hydrogen (secondary N) is 1. The van der Waals surface area contributed by atoms with E-state index in [2.05, 4.69) is 4.98 Å². The third kappa shape index (κ3) is 3.98. The second-order valence-corrected chi connectivity index (χ2v) is 7.90. The van der Waals surface area contributed by atoms with Gasteiger partial charge in [0.2, 0.25) is 0 Å². The molecule has 4 rings (SSSR count). The quantitative estimate of drug-likeness (QED) is 0.315. The van der Waals surface area contributed by atoms with E-state index < -0.39 is 11.7 Å². The number of fused-ring (bicyclic) bond motifs is 2. The number of nitrogens with two attached hydrogens (primary N) is 1. The Morgan fingerprint density at radius 3 is 2.52 bits per heavy atom. The van der Waals surface area contributed by atoms with Gasteiger partial charge in [-0.2, -0.15) is 13.2 Å². The summed E-state index contributed by atoms with van der Waals surface area (Å²) in [5, 5.41) is 2.41. The summed E-state index contributed by atoms with van der Waals surface area (Å²) in [6, 6.07) is 14.1. The Morgan fingerprint density at radius 1 is 1.03 bits per heavy atom. The second kappa shape index (κ2) is 8.44. The van der Waals surface area contributed by atoms with Gasteiger partial charge in [-0.15, -0.1) is 0 Å². The van der Waals surface area contributed by atoms with E-state index in [1.54, 1.807) is 13.2 Å². The number of rotatable bonds is 6. The van der Waals surface area contributed by atoms with Crippen molar-refractivity contribution in [3.05, 3.63) is 64.7 Å². The van der Waals surface area contributed by atoms with E-state index in [4.69, 9.17) is 22.1 Å². The lowest BCUT2D eigenvalue weighted by atomic mass is 9.97. The summed E-state index contributed by atoms with van der Waals surface area (Å²) in [6.07, 6.45) is -2.44. The highest BCUT2D eigenvalue weighted by Gasteiger charge is 2.35. The average molecular weight is 447 g/mol. The second-order valence-electron chi connectivity index (χ2n) is 7.47. The highest BCUT2D eigenvalue weighted by atomic mass is 35.5. The van der Waals surface area contributed by atoms with E-state index in [1.165, 1.54) is 0 Å². The van der Waals surface area contributed by atoms with Crippen molar-refractivity contribution in [1.82, 2.24) is 4.98 Å². The molecule has 7 heteroatoms. The first-order chi connectivity index (χ1) is 14.8. The van der Waals surface area contributed by atoms with E-state index in [0.717, 1.165) is 35.2 Å². The minimum atomic E-state index is -4.53. The fourth-order valence-electron chi connectivity index (χ4n) is 4.13. The Bertz CT molecular complexity index is 1250. The van der Waals surface area contributed by atoms with E-state index >= 15 is 0 Å². The van der Waals surface area contributed by atoms with Crippen LogP contribution in [-0.4, -0.2) is 18.6 Å². The molecule has 0 saturated heterocycles. The first kappa shape index (κ1) is 21.5. The van der Waals surface area contributed by atoms with Gasteiger partial charge >= 0.3 is 6.18 Å². The molecule has 31 heavy (non-hydrogen) atoms. The van der Waals surface area contributed by atoms with Gasteiger partial charge in [-0.1, -0.05) is 41.9 Å². The van der Waals surface area contributed by atoms with Crippen LogP contribution in [0.4, 0.5) is 13.2 Å². The number of H-pyrrole nitrogens is 1. The first-order valence-corrected chi connectivity index (χ1v) is 10.4. The van der Waals surface area contributed by atoms with Gasteiger partial charge in [-0.05, 0) is 55.0 Å². The topological polar surface area (TPSA) is 51.0 Å². The third-order valence-electron chi connectivity index (χ3n) is 5.52. The van der Waals surface area contributed by atoms with Crippen LogP contribution < -0.4 is 10.5 Å². The number of alkyl halides is 3. The molecule has 0 radical (unpaired) electrons. The van der Waals surface area contributed by atoms with Gasteiger partial charge < -0.3 is 15.5 Å². The molecule has 0 bridgehead atoms. The normalized spacial score (nSPS) is 12.1. The Hall–Kier alpha value is -2.70. The Balaban J connectivity index is 2.03. The maximum absolute atomic E-state index is 13.8. The monoisotopic (exact) mass is 446 g/mol. The Kier molecular flexibility index (Phi) is 5.86. The van der Waals surface area contributed by atoms with Gasteiger partial charge in [-0.3, -0.25) is 0 Å². The minimum Gasteiger partial charge on any atom is -0.495 e. The van der Waals surface area contributed by atoms with Gasteiger partial charge in [0.25, 0.3) is 0 Å². The number of aromatic nitrogens is 1. The van der Waals surface area contributed by atoms with Crippen molar-refractivity contribution in [3.63, 3.8) is 0 Å². The van der Waals surface area contributed by atoms with Crippen LogP contribution in [0, 0.1) is 0 Å². The summed E-state index contributed by atoms with van der Waals surface area (Å²) >= 11 is 6.10. The van der Waals surface area contributed by atoms with Gasteiger partial charge in [-0.25, -0.2) is 0 Å². The predicted octanol–water partition coefficient (Wildman–Crippen LogP) is 6.95. The molecular weight excluding hydrogens is 425 g/mol. The molecule has 0 unspecified atom stereocenters. The lowest BCUT2D eigenvalue weighted by molar-refractivity contribution is -0.136. The van der Waals surface area contributed by atoms with Gasteiger partial charge in [0, 0.05) is 21.4 Å². The molecule has 0 aliphatic carbocycles. The number of hydrogen-bond donors (Lipinski definition) is 2. The molecule has 0 fully saturated rings. The Labute approximate surface area is 183 Å². The SMILES string of the molecule is COc1c(-c2[nH]c3c(C(F)(F)F)cc(Cl)cc3c2CCCCN)ccc2ccccc12. The molecule has 1 heterocycles. The molecule has 0 atom stereocenters. The number of hydrogen-bond acceptors (Lipinski definition) is 2. The molecule has 0 spiro atoms. The number of aryl methyl sites for hydroxylation is 1. The number of unbranched alkanes of at least 4 members (excludes halogenated alkanes) is 1. The molecule has 0 amide bonds. The number of benzene rings is 3. The molecule has 0 aliphatic heterocycles. The highest BCUT2D eigenvalue weighted by Crippen LogP contribution is 2.44. The van der Waals surface area contributed by atoms with E-state index in [1.807, 2.05) is 36.4 Å². The Morgan fingerprint density at radius 2 is 1.81 bits per heavy atom. The number of ether oxygens (including phenoxy) is 1. The molecular formula is C24H22ClF3N2O. The minimum absolute atomic E-state index is 0.0323. The molecule has 3 aromatic carbocycles. The molecule has 3 nitrogen and oxygen atoms in total. The number of methoxy groups -OCH3 is 1. The van der Waals surface area contributed by atoms with Crippen LogP contribution in [0.25, 0.3) is 32.9 Å². The van der Waals surface area contributed by atoms with Crippen molar-refractivity contribution in [1.29, 1.82) is 0 Å². The van der Waals surface area contributed by atoms with Gasteiger partial charge in [0.15, 0.2) is 0 Å². The lowest BCUT2D eigenvalue weighted by Crippen LogP contribution is -2.05. The zero-order chi connectivity index (χ0) is 22.2. The summed E-state index contributed by atoms with van der Waals surface area (Å²) in [5.74, 6) is 0.615. The van der Waals surface area contributed by atoms with E-state index in [9.17, 15) is 13.2 Å². The molecule has 0 aliphatic rings. The van der Waals surface area contributed by atoms with Crippen LogP contribution in [0.1, 0.15) is 24.0 Å². The zero-order valence-corrected chi connectivity index (χ0v) is 17.7. The standard InChI is InChI=1S/C24H22ClF3N2O/c1-31-23-16-7-3-2-6-14(16)9-10-18(23)21-17(8-4-5-11-29)19-12-15(25)13-20(22(19)30-21)24(26,27)28/h2-3,6-7,9-10,12-13,30H,4-5,8,11,29H2,1H3. The third-order valence-corrected chi connectivity index (χ3v) is 5.74. The van der Waals surface area contributed by atoms with Crippen molar-refractivity contribution < 1.29 is 17.9 Å². The van der Waals surface area contributed by atoms with Crippen LogP contribution in [0.5, 0.6) is 5.75 Å².